The number of carbonyl (C=O) groups excluding carboxylic acids is 1. The van der Waals surface area contributed by atoms with Crippen molar-refractivity contribution in [2.75, 3.05) is 7.05 Å². The van der Waals surface area contributed by atoms with E-state index >= 15 is 0 Å². The Balaban J connectivity index is 2.24. The molecule has 0 aliphatic heterocycles. The Hall–Kier alpha value is -2.80. The lowest BCUT2D eigenvalue weighted by molar-refractivity contribution is -0.126. The van der Waals surface area contributed by atoms with Crippen molar-refractivity contribution in [2.24, 2.45) is 0 Å². The zero-order valence-corrected chi connectivity index (χ0v) is 15.6. The van der Waals surface area contributed by atoms with Crippen molar-refractivity contribution in [1.82, 2.24) is 9.47 Å². The van der Waals surface area contributed by atoms with Crippen molar-refractivity contribution in [1.29, 1.82) is 5.26 Å². The average molecular weight is 335 g/mol. The molecule has 1 amide bonds. The van der Waals surface area contributed by atoms with Crippen molar-refractivity contribution in [3.05, 3.63) is 58.9 Å². The highest BCUT2D eigenvalue weighted by molar-refractivity contribution is 5.92. The summed E-state index contributed by atoms with van der Waals surface area (Å²) in [5, 5.41) is 8.76. The fraction of sp³-hybridized carbons (Fsp3) is 0.333. The number of nitriles is 1. The number of amides is 1. The minimum atomic E-state index is -0.0952. The standard InChI is InChI=1S/C21H25N3O/c1-15-6-9-20(10-7-15)24-17(3)14-19(18(24)4)8-11-21(25)23(5)16(2)12-13-22/h6-11,14,16H,12H2,1-5H3/b11-8+. The fourth-order valence-corrected chi connectivity index (χ4v) is 2.81. The van der Waals surface area contributed by atoms with Gasteiger partial charge in [0.2, 0.25) is 5.91 Å². The maximum absolute atomic E-state index is 12.3. The minimum absolute atomic E-state index is 0.0945. The number of hydrogen-bond donors (Lipinski definition) is 0. The van der Waals surface area contributed by atoms with Crippen LogP contribution >= 0.6 is 0 Å². The lowest BCUT2D eigenvalue weighted by atomic mass is 10.2. The third-order valence-electron chi connectivity index (χ3n) is 4.56. The van der Waals surface area contributed by atoms with E-state index < -0.39 is 0 Å². The summed E-state index contributed by atoms with van der Waals surface area (Å²) in [6, 6.07) is 12.5. The summed E-state index contributed by atoms with van der Waals surface area (Å²) in [6.07, 6.45) is 3.76. The molecule has 2 aromatic rings. The van der Waals surface area contributed by atoms with Crippen LogP contribution in [0.5, 0.6) is 0 Å². The van der Waals surface area contributed by atoms with Crippen LogP contribution in [0.4, 0.5) is 0 Å². The second-order valence-corrected chi connectivity index (χ2v) is 6.49. The van der Waals surface area contributed by atoms with Crippen molar-refractivity contribution >= 4 is 12.0 Å². The first-order valence-electron chi connectivity index (χ1n) is 8.43. The fourth-order valence-electron chi connectivity index (χ4n) is 2.81. The van der Waals surface area contributed by atoms with Crippen LogP contribution in [0.3, 0.4) is 0 Å². The molecule has 0 aliphatic carbocycles. The van der Waals surface area contributed by atoms with Gasteiger partial charge >= 0.3 is 0 Å². The van der Waals surface area contributed by atoms with Crippen molar-refractivity contribution < 1.29 is 4.79 Å². The van der Waals surface area contributed by atoms with Crippen LogP contribution in [0.2, 0.25) is 0 Å². The number of aromatic nitrogens is 1. The molecule has 0 radical (unpaired) electrons. The smallest absolute Gasteiger partial charge is 0.246 e. The van der Waals surface area contributed by atoms with Crippen LogP contribution in [0.25, 0.3) is 11.8 Å². The summed E-state index contributed by atoms with van der Waals surface area (Å²) in [5.74, 6) is -0.0945. The molecule has 0 saturated carbocycles. The van der Waals surface area contributed by atoms with Gasteiger partial charge in [-0.3, -0.25) is 4.79 Å². The first kappa shape index (κ1) is 18.5. The van der Waals surface area contributed by atoms with Gasteiger partial charge in [-0.15, -0.1) is 0 Å². The first-order chi connectivity index (χ1) is 11.8. The number of nitrogens with zero attached hydrogens (tertiary/aromatic N) is 3. The SMILES string of the molecule is Cc1ccc(-n2c(C)cc(/C=C/C(=O)N(C)C(C)CC#N)c2C)cc1. The monoisotopic (exact) mass is 335 g/mol. The molecule has 1 aromatic carbocycles. The molecule has 0 aliphatic rings. The maximum Gasteiger partial charge on any atom is 0.246 e. The molecule has 4 heteroatoms. The largest absolute Gasteiger partial charge is 0.338 e. The zero-order chi connectivity index (χ0) is 18.6. The molecule has 0 N–H and O–H groups in total. The average Bonchev–Trinajstić information content (AvgIpc) is 2.87. The molecular weight excluding hydrogens is 310 g/mol. The van der Waals surface area contributed by atoms with E-state index in [1.807, 2.05) is 13.0 Å². The molecule has 0 bridgehead atoms. The molecule has 0 spiro atoms. The third kappa shape index (κ3) is 4.19. The van der Waals surface area contributed by atoms with Gasteiger partial charge in [-0.1, -0.05) is 17.7 Å². The van der Waals surface area contributed by atoms with Crippen molar-refractivity contribution in [3.8, 4) is 11.8 Å². The van der Waals surface area contributed by atoms with Gasteiger partial charge < -0.3 is 9.47 Å². The maximum atomic E-state index is 12.3. The number of hydrogen-bond acceptors (Lipinski definition) is 2. The molecule has 0 saturated heterocycles. The van der Waals surface area contributed by atoms with Crippen LogP contribution < -0.4 is 0 Å². The summed E-state index contributed by atoms with van der Waals surface area (Å²) in [4.78, 5) is 13.9. The highest BCUT2D eigenvalue weighted by Crippen LogP contribution is 2.22. The van der Waals surface area contributed by atoms with E-state index in [4.69, 9.17) is 5.26 Å². The Morgan fingerprint density at radius 1 is 1.28 bits per heavy atom. The number of likely N-dealkylation sites (N-methyl/N-ethyl adjacent to an activating group) is 1. The van der Waals surface area contributed by atoms with Gasteiger partial charge in [0.15, 0.2) is 0 Å². The Kier molecular flexibility index (Phi) is 5.82. The molecule has 1 aromatic heterocycles. The topological polar surface area (TPSA) is 49.0 Å². The quantitative estimate of drug-likeness (QED) is 0.770. The lowest BCUT2D eigenvalue weighted by Gasteiger charge is -2.21. The molecule has 4 nitrogen and oxygen atoms in total. The van der Waals surface area contributed by atoms with Gasteiger partial charge in [0.25, 0.3) is 0 Å². The Labute approximate surface area is 150 Å². The Bertz CT molecular complexity index is 822. The van der Waals surface area contributed by atoms with E-state index in [0.29, 0.717) is 6.42 Å². The molecule has 1 heterocycles. The Morgan fingerprint density at radius 2 is 1.92 bits per heavy atom. The van der Waals surface area contributed by atoms with E-state index in [0.717, 1.165) is 22.6 Å². The van der Waals surface area contributed by atoms with Crippen LogP contribution in [0.1, 0.15) is 35.9 Å². The molecular formula is C21H25N3O. The van der Waals surface area contributed by atoms with Gasteiger partial charge in [-0.05, 0) is 57.5 Å². The lowest BCUT2D eigenvalue weighted by Crippen LogP contribution is -2.33. The van der Waals surface area contributed by atoms with Crippen LogP contribution in [-0.2, 0) is 4.79 Å². The molecule has 1 unspecified atom stereocenters. The molecule has 130 valence electrons. The molecule has 0 fully saturated rings. The van der Waals surface area contributed by atoms with Gasteiger partial charge in [-0.2, -0.15) is 5.26 Å². The van der Waals surface area contributed by atoms with Crippen LogP contribution in [-0.4, -0.2) is 28.5 Å². The minimum Gasteiger partial charge on any atom is -0.338 e. The number of carbonyl (C=O) groups is 1. The van der Waals surface area contributed by atoms with Crippen LogP contribution in [0.15, 0.2) is 36.4 Å². The summed E-state index contributed by atoms with van der Waals surface area (Å²) >= 11 is 0. The highest BCUT2D eigenvalue weighted by Gasteiger charge is 2.14. The van der Waals surface area contributed by atoms with Gasteiger partial charge in [-0.25, -0.2) is 0 Å². The summed E-state index contributed by atoms with van der Waals surface area (Å²) in [5.41, 5.74) is 5.59. The summed E-state index contributed by atoms with van der Waals surface area (Å²) < 4.78 is 2.19. The summed E-state index contributed by atoms with van der Waals surface area (Å²) in [7, 11) is 1.73. The van der Waals surface area contributed by atoms with Crippen LogP contribution in [0, 0.1) is 32.1 Å². The van der Waals surface area contributed by atoms with Crippen molar-refractivity contribution in [3.63, 3.8) is 0 Å². The summed E-state index contributed by atoms with van der Waals surface area (Å²) in [6.45, 7) is 8.06. The van der Waals surface area contributed by atoms with Gasteiger partial charge in [0, 0.05) is 36.2 Å². The molecule has 1 atom stereocenters. The Morgan fingerprint density at radius 3 is 2.52 bits per heavy atom. The zero-order valence-electron chi connectivity index (χ0n) is 15.6. The second-order valence-electron chi connectivity index (χ2n) is 6.49. The molecule has 25 heavy (non-hydrogen) atoms. The number of aryl methyl sites for hydroxylation is 2. The normalized spacial score (nSPS) is 12.2. The number of rotatable bonds is 5. The highest BCUT2D eigenvalue weighted by atomic mass is 16.2. The first-order valence-corrected chi connectivity index (χ1v) is 8.43. The van der Waals surface area contributed by atoms with Crippen molar-refractivity contribution in [2.45, 2.75) is 40.2 Å². The second kappa shape index (κ2) is 7.85. The molecule has 2 rings (SSSR count). The van der Waals surface area contributed by atoms with E-state index in [-0.39, 0.29) is 11.9 Å². The van der Waals surface area contributed by atoms with E-state index in [2.05, 4.69) is 61.7 Å². The predicted octanol–water partition coefficient (Wildman–Crippen LogP) is 4.18. The van der Waals surface area contributed by atoms with E-state index in [1.54, 1.807) is 18.0 Å². The van der Waals surface area contributed by atoms with E-state index in [1.165, 1.54) is 5.56 Å². The predicted molar refractivity (Wildman–Crippen MR) is 101 cm³/mol. The number of benzene rings is 1. The van der Waals surface area contributed by atoms with Gasteiger partial charge in [0.1, 0.15) is 0 Å². The van der Waals surface area contributed by atoms with Gasteiger partial charge in [0.05, 0.1) is 12.5 Å². The van der Waals surface area contributed by atoms with E-state index in [9.17, 15) is 4.79 Å². The third-order valence-corrected chi connectivity index (χ3v) is 4.56.